The Balaban J connectivity index is 1.86. The van der Waals surface area contributed by atoms with E-state index < -0.39 is 0 Å². The Morgan fingerprint density at radius 1 is 1.13 bits per heavy atom. The van der Waals surface area contributed by atoms with Crippen LogP contribution in [0.3, 0.4) is 0 Å². The largest absolute Gasteiger partial charge is 0.317 e. The lowest BCUT2D eigenvalue weighted by atomic mass is 9.90. The van der Waals surface area contributed by atoms with E-state index >= 15 is 0 Å². The van der Waals surface area contributed by atoms with Crippen LogP contribution in [0.15, 0.2) is 0 Å². The molecule has 0 radical (unpaired) electrons. The highest BCUT2D eigenvalue weighted by molar-refractivity contribution is 4.85. The molecular formula is C13H26N2. The van der Waals surface area contributed by atoms with Gasteiger partial charge in [-0.3, -0.25) is 0 Å². The van der Waals surface area contributed by atoms with Crippen LogP contribution in [0.2, 0.25) is 0 Å². The molecule has 2 aliphatic rings. The van der Waals surface area contributed by atoms with E-state index in [0.717, 1.165) is 12.0 Å². The lowest BCUT2D eigenvalue weighted by Gasteiger charge is -2.39. The summed E-state index contributed by atoms with van der Waals surface area (Å²) in [6, 6.07) is 1.62. The Kier molecular flexibility index (Phi) is 4.04. The third-order valence-corrected chi connectivity index (χ3v) is 4.49. The van der Waals surface area contributed by atoms with Gasteiger partial charge in [0.1, 0.15) is 0 Å². The van der Waals surface area contributed by atoms with Gasteiger partial charge in [-0.05, 0) is 52.1 Å². The average Bonchev–Trinajstić information content (AvgIpc) is 2.82. The van der Waals surface area contributed by atoms with Crippen molar-refractivity contribution in [1.29, 1.82) is 0 Å². The summed E-state index contributed by atoms with van der Waals surface area (Å²) in [5.74, 6) is 0.879. The number of nitrogens with one attached hydrogen (secondary N) is 1. The van der Waals surface area contributed by atoms with Crippen molar-refractivity contribution in [2.45, 2.75) is 57.5 Å². The van der Waals surface area contributed by atoms with Crippen molar-refractivity contribution in [3.63, 3.8) is 0 Å². The minimum absolute atomic E-state index is 0.689. The Labute approximate surface area is 94.4 Å². The second-order valence-corrected chi connectivity index (χ2v) is 5.41. The first-order chi connectivity index (χ1) is 7.31. The van der Waals surface area contributed by atoms with Gasteiger partial charge in [0.2, 0.25) is 0 Å². The molecule has 0 spiro atoms. The molecule has 2 unspecified atom stereocenters. The molecule has 1 N–H and O–H groups in total. The summed E-state index contributed by atoms with van der Waals surface area (Å²) in [6.07, 6.45) is 8.68. The molecule has 2 atom stereocenters. The van der Waals surface area contributed by atoms with Gasteiger partial charge in [0.25, 0.3) is 0 Å². The number of hydrogen-bond acceptors (Lipinski definition) is 2. The number of nitrogens with zero attached hydrogens (tertiary/aromatic N) is 1. The van der Waals surface area contributed by atoms with E-state index in [4.69, 9.17) is 0 Å². The van der Waals surface area contributed by atoms with Crippen molar-refractivity contribution in [2.24, 2.45) is 5.92 Å². The maximum atomic E-state index is 3.42. The fourth-order valence-electron chi connectivity index (χ4n) is 3.29. The van der Waals surface area contributed by atoms with Gasteiger partial charge in [-0.2, -0.15) is 0 Å². The Morgan fingerprint density at radius 3 is 2.53 bits per heavy atom. The fraction of sp³-hybridized carbons (Fsp3) is 1.00. The predicted molar refractivity (Wildman–Crippen MR) is 65.1 cm³/mol. The highest BCUT2D eigenvalue weighted by Gasteiger charge is 2.29. The average molecular weight is 210 g/mol. The zero-order chi connectivity index (χ0) is 10.7. The second kappa shape index (κ2) is 5.31. The van der Waals surface area contributed by atoms with Gasteiger partial charge in [-0.15, -0.1) is 0 Å². The molecule has 88 valence electrons. The molecule has 2 fully saturated rings. The van der Waals surface area contributed by atoms with E-state index in [0.29, 0.717) is 6.04 Å². The van der Waals surface area contributed by atoms with Gasteiger partial charge in [0.05, 0.1) is 0 Å². The molecule has 2 rings (SSSR count). The molecule has 0 amide bonds. The summed E-state index contributed by atoms with van der Waals surface area (Å²) < 4.78 is 0. The molecule has 1 aliphatic heterocycles. The lowest BCUT2D eigenvalue weighted by Crippen LogP contribution is -2.46. The molecule has 1 saturated carbocycles. The minimum Gasteiger partial charge on any atom is -0.317 e. The first-order valence-electron chi connectivity index (χ1n) is 6.72. The quantitative estimate of drug-likeness (QED) is 0.768. The molecule has 0 bridgehead atoms. The molecule has 15 heavy (non-hydrogen) atoms. The van der Waals surface area contributed by atoms with Gasteiger partial charge in [0, 0.05) is 18.6 Å². The topological polar surface area (TPSA) is 15.3 Å². The first kappa shape index (κ1) is 11.4. The van der Waals surface area contributed by atoms with Crippen molar-refractivity contribution in [1.82, 2.24) is 10.2 Å². The lowest BCUT2D eigenvalue weighted by molar-refractivity contribution is 0.110. The van der Waals surface area contributed by atoms with Gasteiger partial charge >= 0.3 is 0 Å². The third-order valence-electron chi connectivity index (χ3n) is 4.49. The standard InChI is InChI=1S/C13H26N2/c1-11(14-2)12-6-5-9-15(10-12)13-7-3-4-8-13/h11-14H,3-10H2,1-2H3. The van der Waals surface area contributed by atoms with Crippen molar-refractivity contribution in [2.75, 3.05) is 20.1 Å². The molecule has 0 aromatic carbocycles. The fourth-order valence-corrected chi connectivity index (χ4v) is 3.29. The highest BCUT2D eigenvalue weighted by atomic mass is 15.2. The Morgan fingerprint density at radius 2 is 1.87 bits per heavy atom. The molecule has 2 heteroatoms. The second-order valence-electron chi connectivity index (χ2n) is 5.41. The molecule has 0 aromatic rings. The van der Waals surface area contributed by atoms with Gasteiger partial charge in [-0.25, -0.2) is 0 Å². The minimum atomic E-state index is 0.689. The van der Waals surface area contributed by atoms with Crippen molar-refractivity contribution < 1.29 is 0 Å². The summed E-state index contributed by atoms with van der Waals surface area (Å²) in [5, 5.41) is 3.42. The molecule has 1 heterocycles. The van der Waals surface area contributed by atoms with E-state index in [-0.39, 0.29) is 0 Å². The van der Waals surface area contributed by atoms with Gasteiger partial charge in [0.15, 0.2) is 0 Å². The molecule has 1 aliphatic carbocycles. The summed E-state index contributed by atoms with van der Waals surface area (Å²) in [5.41, 5.74) is 0. The highest BCUT2D eigenvalue weighted by Crippen LogP contribution is 2.28. The zero-order valence-electron chi connectivity index (χ0n) is 10.3. The number of likely N-dealkylation sites (tertiary alicyclic amines) is 1. The van der Waals surface area contributed by atoms with Gasteiger partial charge in [-0.1, -0.05) is 12.8 Å². The number of hydrogen-bond donors (Lipinski definition) is 1. The summed E-state index contributed by atoms with van der Waals surface area (Å²) in [7, 11) is 2.10. The van der Waals surface area contributed by atoms with Crippen molar-refractivity contribution in [3.8, 4) is 0 Å². The summed E-state index contributed by atoms with van der Waals surface area (Å²) in [4.78, 5) is 2.77. The molecule has 2 nitrogen and oxygen atoms in total. The number of piperidine rings is 1. The Bertz CT molecular complexity index is 187. The van der Waals surface area contributed by atoms with E-state index in [2.05, 4.69) is 24.2 Å². The van der Waals surface area contributed by atoms with E-state index in [1.54, 1.807) is 0 Å². The summed E-state index contributed by atoms with van der Waals surface area (Å²) >= 11 is 0. The van der Waals surface area contributed by atoms with E-state index in [1.165, 1.54) is 51.6 Å². The molecule has 0 aromatic heterocycles. The third kappa shape index (κ3) is 2.73. The van der Waals surface area contributed by atoms with E-state index in [1.807, 2.05) is 0 Å². The first-order valence-corrected chi connectivity index (χ1v) is 6.72. The van der Waals surface area contributed by atoms with Crippen LogP contribution >= 0.6 is 0 Å². The monoisotopic (exact) mass is 210 g/mol. The molecule has 1 saturated heterocycles. The maximum Gasteiger partial charge on any atom is 0.00953 e. The van der Waals surface area contributed by atoms with Crippen LogP contribution in [0.5, 0.6) is 0 Å². The van der Waals surface area contributed by atoms with E-state index in [9.17, 15) is 0 Å². The molecular weight excluding hydrogens is 184 g/mol. The van der Waals surface area contributed by atoms with Crippen LogP contribution in [-0.4, -0.2) is 37.1 Å². The van der Waals surface area contributed by atoms with Crippen LogP contribution in [0, 0.1) is 5.92 Å². The van der Waals surface area contributed by atoms with Gasteiger partial charge < -0.3 is 10.2 Å². The normalized spacial score (nSPS) is 32.0. The van der Waals surface area contributed by atoms with Crippen LogP contribution in [-0.2, 0) is 0 Å². The van der Waals surface area contributed by atoms with Crippen LogP contribution in [0.1, 0.15) is 45.4 Å². The Hall–Kier alpha value is -0.0800. The predicted octanol–water partition coefficient (Wildman–Crippen LogP) is 2.25. The van der Waals surface area contributed by atoms with Crippen molar-refractivity contribution >= 4 is 0 Å². The smallest absolute Gasteiger partial charge is 0.00953 e. The summed E-state index contributed by atoms with van der Waals surface area (Å²) in [6.45, 7) is 5.03. The van der Waals surface area contributed by atoms with Crippen LogP contribution in [0.4, 0.5) is 0 Å². The van der Waals surface area contributed by atoms with Crippen LogP contribution in [0.25, 0.3) is 0 Å². The SMILES string of the molecule is CNC(C)C1CCCN(C2CCCC2)C1. The number of rotatable bonds is 3. The van der Waals surface area contributed by atoms with Crippen LogP contribution < -0.4 is 5.32 Å². The maximum absolute atomic E-state index is 3.42. The zero-order valence-corrected chi connectivity index (χ0v) is 10.3. The van der Waals surface area contributed by atoms with Crippen molar-refractivity contribution in [3.05, 3.63) is 0 Å².